The number of benzene rings is 2. The van der Waals surface area contributed by atoms with Gasteiger partial charge in [-0.15, -0.1) is 0 Å². The van der Waals surface area contributed by atoms with Crippen LogP contribution in [0.2, 0.25) is 0 Å². The summed E-state index contributed by atoms with van der Waals surface area (Å²) in [5, 5.41) is 14.7. The van der Waals surface area contributed by atoms with Crippen molar-refractivity contribution < 1.29 is 24.0 Å². The average Bonchev–Trinajstić information content (AvgIpc) is 3.97. The number of urea groups is 1. The molecule has 4 atom stereocenters. The van der Waals surface area contributed by atoms with Crippen LogP contribution in [0.5, 0.6) is 0 Å². The number of amides is 6. The van der Waals surface area contributed by atoms with Gasteiger partial charge in [0.1, 0.15) is 18.1 Å². The van der Waals surface area contributed by atoms with Gasteiger partial charge in [-0.2, -0.15) is 0 Å². The van der Waals surface area contributed by atoms with Crippen LogP contribution in [0.25, 0.3) is 0 Å². The molecule has 1 saturated carbocycles. The Kier molecular flexibility index (Phi) is 16.6. The summed E-state index contributed by atoms with van der Waals surface area (Å²) in [6.45, 7) is 5.29. The minimum atomic E-state index is -0.949. The van der Waals surface area contributed by atoms with Crippen molar-refractivity contribution in [2.45, 2.75) is 121 Å². The highest BCUT2D eigenvalue weighted by Crippen LogP contribution is 2.19. The SMILES string of the molecule is CC(C)C[C@@H](NC(=O)[C@@H](CCc1ccccc1)NC(=O)[C@H](N)Cc1ccccc1)C(=O)N[C@H](CCCCN)C(=O)N1CCC(NC(=O)NC2CC2)CC1. The number of nitrogens with two attached hydrogens (primary N) is 2. The minimum absolute atomic E-state index is 0.0306. The summed E-state index contributed by atoms with van der Waals surface area (Å²) in [6.07, 6.45) is 6.44. The first-order valence-electron chi connectivity index (χ1n) is 19.3. The van der Waals surface area contributed by atoms with Gasteiger partial charge < -0.3 is 43.0 Å². The second kappa shape index (κ2) is 21.3. The fraction of sp³-hybridized carbons (Fsp3) is 0.575. The predicted molar refractivity (Wildman–Crippen MR) is 205 cm³/mol. The maximum absolute atomic E-state index is 14.0. The molecular formula is C40H60N8O5. The quantitative estimate of drug-likeness (QED) is 0.101. The summed E-state index contributed by atoms with van der Waals surface area (Å²) in [6, 6.07) is 15.6. The van der Waals surface area contributed by atoms with E-state index in [1.807, 2.05) is 74.5 Å². The topological polar surface area (TPSA) is 201 Å². The van der Waals surface area contributed by atoms with Crippen LogP contribution >= 0.6 is 0 Å². The Bertz CT molecular complexity index is 1460. The number of hydrogen-bond donors (Lipinski definition) is 7. The summed E-state index contributed by atoms with van der Waals surface area (Å²) in [7, 11) is 0. The molecule has 0 bridgehead atoms. The van der Waals surface area contributed by atoms with Gasteiger partial charge in [-0.25, -0.2) is 4.79 Å². The molecule has 2 aromatic carbocycles. The zero-order valence-corrected chi connectivity index (χ0v) is 31.4. The van der Waals surface area contributed by atoms with E-state index in [0.717, 1.165) is 24.0 Å². The zero-order valence-electron chi connectivity index (χ0n) is 31.4. The Morgan fingerprint density at radius 3 is 1.83 bits per heavy atom. The van der Waals surface area contributed by atoms with Crippen LogP contribution in [0.1, 0.15) is 82.8 Å². The van der Waals surface area contributed by atoms with E-state index >= 15 is 0 Å². The third-order valence-electron chi connectivity index (χ3n) is 9.79. The summed E-state index contributed by atoms with van der Waals surface area (Å²) < 4.78 is 0. The van der Waals surface area contributed by atoms with Gasteiger partial charge in [0.2, 0.25) is 23.6 Å². The number of hydrogen-bond acceptors (Lipinski definition) is 7. The first kappa shape index (κ1) is 41.3. The minimum Gasteiger partial charge on any atom is -0.343 e. The van der Waals surface area contributed by atoms with Crippen LogP contribution in [-0.4, -0.2) is 90.4 Å². The van der Waals surface area contributed by atoms with Gasteiger partial charge in [-0.3, -0.25) is 19.2 Å². The molecular weight excluding hydrogens is 672 g/mol. The number of nitrogens with zero attached hydrogens (tertiary/aromatic N) is 1. The van der Waals surface area contributed by atoms with Gasteiger partial charge in [0, 0.05) is 25.2 Å². The zero-order chi connectivity index (χ0) is 38.2. The fourth-order valence-corrected chi connectivity index (χ4v) is 6.57. The number of piperidine rings is 1. The molecule has 2 fully saturated rings. The van der Waals surface area contributed by atoms with E-state index in [9.17, 15) is 24.0 Å². The molecule has 0 radical (unpaired) electrons. The van der Waals surface area contributed by atoms with E-state index in [4.69, 9.17) is 11.5 Å². The maximum atomic E-state index is 14.0. The Morgan fingerprint density at radius 2 is 1.25 bits per heavy atom. The van der Waals surface area contributed by atoms with Crippen molar-refractivity contribution in [3.05, 3.63) is 71.8 Å². The van der Waals surface area contributed by atoms with Crippen LogP contribution in [0, 0.1) is 5.92 Å². The number of carbonyl (C=O) groups excluding carboxylic acids is 5. The van der Waals surface area contributed by atoms with Crippen molar-refractivity contribution in [3.63, 3.8) is 0 Å². The maximum Gasteiger partial charge on any atom is 0.315 e. The van der Waals surface area contributed by atoms with Crippen molar-refractivity contribution in [2.24, 2.45) is 17.4 Å². The lowest BCUT2D eigenvalue weighted by Crippen LogP contribution is -2.59. The lowest BCUT2D eigenvalue weighted by Gasteiger charge is -2.35. The standard InChI is InChI=1S/C40H60N8O5/c1-27(2)25-35(38(51)46-34(15-9-10-22-41)39(52)48-23-20-31(21-24-48)44-40(53)43-30-17-18-30)47-37(50)33(19-16-28-11-5-3-6-12-28)45-36(49)32(42)26-29-13-7-4-8-14-29/h3-8,11-14,27,30-35H,9-10,15-26,41-42H2,1-2H3,(H,45,49)(H,46,51)(H,47,50)(H2,43,44,53)/t32-,33-,34-,35-/m1/s1. The van der Waals surface area contributed by atoms with Crippen molar-refractivity contribution in [3.8, 4) is 0 Å². The molecule has 2 aliphatic rings. The molecule has 1 heterocycles. The second-order valence-corrected chi connectivity index (χ2v) is 14.9. The summed E-state index contributed by atoms with van der Waals surface area (Å²) >= 11 is 0. The highest BCUT2D eigenvalue weighted by Gasteiger charge is 2.34. The van der Waals surface area contributed by atoms with Gasteiger partial charge in [0.05, 0.1) is 6.04 Å². The molecule has 0 spiro atoms. The Labute approximate surface area is 314 Å². The van der Waals surface area contributed by atoms with Crippen LogP contribution in [-0.2, 0) is 32.0 Å². The first-order chi connectivity index (χ1) is 25.5. The van der Waals surface area contributed by atoms with Crippen LogP contribution in [0.4, 0.5) is 4.79 Å². The molecule has 13 nitrogen and oxygen atoms in total. The van der Waals surface area contributed by atoms with E-state index in [2.05, 4.69) is 26.6 Å². The van der Waals surface area contributed by atoms with E-state index in [-0.39, 0.29) is 29.9 Å². The Morgan fingerprint density at radius 1 is 0.698 bits per heavy atom. The molecule has 6 amide bonds. The van der Waals surface area contributed by atoms with Gasteiger partial charge >= 0.3 is 6.03 Å². The fourth-order valence-electron chi connectivity index (χ4n) is 6.57. The molecule has 1 aliphatic heterocycles. The van der Waals surface area contributed by atoms with Gasteiger partial charge in [0.25, 0.3) is 0 Å². The van der Waals surface area contributed by atoms with Crippen LogP contribution in [0.15, 0.2) is 60.7 Å². The molecule has 53 heavy (non-hydrogen) atoms. The average molecular weight is 733 g/mol. The van der Waals surface area contributed by atoms with Crippen molar-refractivity contribution >= 4 is 29.7 Å². The van der Waals surface area contributed by atoms with Crippen molar-refractivity contribution in [1.82, 2.24) is 31.5 Å². The molecule has 4 rings (SSSR count). The smallest absolute Gasteiger partial charge is 0.315 e. The summed E-state index contributed by atoms with van der Waals surface area (Å²) in [5.74, 6) is -1.56. The van der Waals surface area contributed by atoms with E-state index in [1.54, 1.807) is 4.90 Å². The molecule has 13 heteroatoms. The first-order valence-corrected chi connectivity index (χ1v) is 19.3. The predicted octanol–water partition coefficient (Wildman–Crippen LogP) is 2.27. The van der Waals surface area contributed by atoms with E-state index < -0.39 is 41.9 Å². The molecule has 0 unspecified atom stereocenters. The largest absolute Gasteiger partial charge is 0.343 e. The van der Waals surface area contributed by atoms with Crippen molar-refractivity contribution in [2.75, 3.05) is 19.6 Å². The molecule has 1 saturated heterocycles. The molecule has 1 aliphatic carbocycles. The number of unbranched alkanes of at least 4 members (excludes halogenated alkanes) is 1. The third-order valence-corrected chi connectivity index (χ3v) is 9.79. The number of likely N-dealkylation sites (tertiary alicyclic amines) is 1. The van der Waals surface area contributed by atoms with E-state index in [1.165, 1.54) is 0 Å². The summed E-state index contributed by atoms with van der Waals surface area (Å²) in [5.41, 5.74) is 14.0. The Balaban J connectivity index is 1.42. The number of nitrogens with one attached hydrogen (secondary N) is 5. The second-order valence-electron chi connectivity index (χ2n) is 14.9. The van der Waals surface area contributed by atoms with Crippen LogP contribution in [0.3, 0.4) is 0 Å². The number of aryl methyl sites for hydroxylation is 1. The third kappa shape index (κ3) is 14.5. The highest BCUT2D eigenvalue weighted by atomic mass is 16.2. The summed E-state index contributed by atoms with van der Waals surface area (Å²) in [4.78, 5) is 69.1. The van der Waals surface area contributed by atoms with Gasteiger partial charge in [0.15, 0.2) is 0 Å². The number of rotatable bonds is 20. The van der Waals surface area contributed by atoms with Gasteiger partial charge in [-0.1, -0.05) is 74.5 Å². The van der Waals surface area contributed by atoms with E-state index in [0.29, 0.717) is 77.4 Å². The Hall–Kier alpha value is -4.49. The van der Waals surface area contributed by atoms with Crippen molar-refractivity contribution in [1.29, 1.82) is 0 Å². The monoisotopic (exact) mass is 732 g/mol. The lowest BCUT2D eigenvalue weighted by molar-refractivity contribution is -0.138. The molecule has 290 valence electrons. The lowest BCUT2D eigenvalue weighted by atomic mass is 9.99. The molecule has 9 N–H and O–H groups in total. The highest BCUT2D eigenvalue weighted by molar-refractivity contribution is 5.95. The van der Waals surface area contributed by atoms with Crippen LogP contribution < -0.4 is 38.1 Å². The normalized spacial score (nSPS) is 16.9. The van der Waals surface area contributed by atoms with Gasteiger partial charge in [-0.05, 0) is 94.2 Å². The molecule has 0 aromatic heterocycles. The number of carbonyl (C=O) groups is 5. The molecule has 2 aromatic rings.